The van der Waals surface area contributed by atoms with Crippen LogP contribution in [0.15, 0.2) is 0 Å². The van der Waals surface area contributed by atoms with Crippen LogP contribution in [0.5, 0.6) is 0 Å². The van der Waals surface area contributed by atoms with Crippen LogP contribution in [-0.4, -0.2) is 58.0 Å². The predicted molar refractivity (Wildman–Crippen MR) is 67.2 cm³/mol. The molecule has 0 bridgehead atoms. The summed E-state index contributed by atoms with van der Waals surface area (Å²) in [5.74, 6) is 0.0263. The van der Waals surface area contributed by atoms with Crippen molar-refractivity contribution < 1.29 is 4.79 Å². The van der Waals surface area contributed by atoms with Gasteiger partial charge in [0.25, 0.3) is 5.91 Å². The van der Waals surface area contributed by atoms with Gasteiger partial charge in [0.2, 0.25) is 0 Å². The first-order chi connectivity index (χ1) is 8.76. The van der Waals surface area contributed by atoms with E-state index in [2.05, 4.69) is 20.6 Å². The topological polar surface area (TPSA) is 73.1 Å². The van der Waals surface area contributed by atoms with E-state index in [0.717, 1.165) is 25.2 Å². The molecule has 0 spiro atoms. The van der Waals surface area contributed by atoms with Crippen LogP contribution in [0.25, 0.3) is 0 Å². The summed E-state index contributed by atoms with van der Waals surface area (Å²) in [7, 11) is 0. The Morgan fingerprint density at radius 3 is 2.78 bits per heavy atom. The molecule has 1 amide bonds. The third kappa shape index (κ3) is 2.66. The quantitative estimate of drug-likeness (QED) is 0.739. The van der Waals surface area contributed by atoms with Crippen LogP contribution in [0, 0.1) is 11.3 Å². The van der Waals surface area contributed by atoms with Gasteiger partial charge in [0.1, 0.15) is 4.88 Å². The van der Waals surface area contributed by atoms with E-state index in [1.807, 2.05) is 11.8 Å². The normalized spacial score (nSPS) is 16.6. The maximum absolute atomic E-state index is 12.3. The molecule has 18 heavy (non-hydrogen) atoms. The minimum absolute atomic E-state index is 0.0263. The minimum Gasteiger partial charge on any atom is -0.335 e. The van der Waals surface area contributed by atoms with E-state index in [1.165, 1.54) is 11.5 Å². The fraction of sp³-hybridized carbons (Fsp3) is 0.636. The molecule has 1 aromatic rings. The van der Waals surface area contributed by atoms with Crippen LogP contribution in [0.1, 0.15) is 22.3 Å². The number of hydrogen-bond donors (Lipinski definition) is 0. The van der Waals surface area contributed by atoms with Gasteiger partial charge in [-0.3, -0.25) is 9.69 Å². The Hall–Kier alpha value is -1.52. The van der Waals surface area contributed by atoms with Crippen LogP contribution in [-0.2, 0) is 6.42 Å². The Balaban J connectivity index is 1.98. The van der Waals surface area contributed by atoms with Gasteiger partial charge in [-0.2, -0.15) is 5.26 Å². The molecule has 0 saturated carbocycles. The smallest absolute Gasteiger partial charge is 0.267 e. The second-order valence-corrected chi connectivity index (χ2v) is 4.88. The second-order valence-electron chi connectivity index (χ2n) is 4.13. The predicted octanol–water partition coefficient (Wildman–Crippen LogP) is 0.382. The van der Waals surface area contributed by atoms with Crippen molar-refractivity contribution in [2.45, 2.75) is 13.3 Å². The highest BCUT2D eigenvalue weighted by atomic mass is 32.1. The number of piperazine rings is 1. The molecule has 1 aliphatic heterocycles. The first-order valence-electron chi connectivity index (χ1n) is 5.96. The van der Waals surface area contributed by atoms with E-state index < -0.39 is 0 Å². The number of nitrogens with zero attached hydrogens (tertiary/aromatic N) is 5. The van der Waals surface area contributed by atoms with E-state index in [1.54, 1.807) is 0 Å². The van der Waals surface area contributed by atoms with Gasteiger partial charge in [0.05, 0.1) is 18.3 Å². The lowest BCUT2D eigenvalue weighted by atomic mass is 10.2. The molecule has 0 N–H and O–H groups in total. The maximum atomic E-state index is 12.3. The molecule has 1 fully saturated rings. The molecule has 0 atom stereocenters. The summed E-state index contributed by atoms with van der Waals surface area (Å²) >= 11 is 1.17. The molecule has 1 aliphatic rings. The van der Waals surface area contributed by atoms with E-state index in [9.17, 15) is 4.79 Å². The number of aryl methyl sites for hydroxylation is 1. The molecule has 0 aromatic carbocycles. The third-order valence-corrected chi connectivity index (χ3v) is 3.79. The molecule has 0 unspecified atom stereocenters. The average Bonchev–Trinajstić information content (AvgIpc) is 2.87. The van der Waals surface area contributed by atoms with Crippen LogP contribution in [0.4, 0.5) is 0 Å². The first-order valence-corrected chi connectivity index (χ1v) is 6.73. The SMILES string of the molecule is CCc1nnsc1C(=O)N1CCN(CC#N)CC1. The zero-order valence-electron chi connectivity index (χ0n) is 10.3. The first kappa shape index (κ1) is 12.9. The van der Waals surface area contributed by atoms with Gasteiger partial charge in [0.15, 0.2) is 0 Å². The zero-order valence-corrected chi connectivity index (χ0v) is 11.1. The van der Waals surface area contributed by atoms with Gasteiger partial charge in [-0.1, -0.05) is 11.4 Å². The monoisotopic (exact) mass is 265 g/mol. The number of aromatic nitrogens is 2. The average molecular weight is 265 g/mol. The van der Waals surface area contributed by atoms with Gasteiger partial charge < -0.3 is 4.90 Å². The maximum Gasteiger partial charge on any atom is 0.267 e. The molecule has 0 aliphatic carbocycles. The number of rotatable bonds is 3. The van der Waals surface area contributed by atoms with Crippen molar-refractivity contribution in [3.05, 3.63) is 10.6 Å². The molecule has 1 aromatic heterocycles. The fourth-order valence-electron chi connectivity index (χ4n) is 1.96. The van der Waals surface area contributed by atoms with Gasteiger partial charge in [-0.05, 0) is 18.0 Å². The van der Waals surface area contributed by atoms with Crippen LogP contribution >= 0.6 is 11.5 Å². The summed E-state index contributed by atoms with van der Waals surface area (Å²) in [6, 6.07) is 2.13. The lowest BCUT2D eigenvalue weighted by molar-refractivity contribution is 0.0655. The Kier molecular flexibility index (Phi) is 4.23. The van der Waals surface area contributed by atoms with Crippen molar-refractivity contribution in [1.82, 2.24) is 19.4 Å². The second kappa shape index (κ2) is 5.89. The highest BCUT2D eigenvalue weighted by Crippen LogP contribution is 2.15. The fourth-order valence-corrected chi connectivity index (χ4v) is 2.67. The van der Waals surface area contributed by atoms with Crippen molar-refractivity contribution in [1.29, 1.82) is 5.26 Å². The highest BCUT2D eigenvalue weighted by Gasteiger charge is 2.25. The Morgan fingerprint density at radius 1 is 1.44 bits per heavy atom. The molecular weight excluding hydrogens is 250 g/mol. The number of carbonyl (C=O) groups is 1. The van der Waals surface area contributed by atoms with E-state index >= 15 is 0 Å². The van der Waals surface area contributed by atoms with Crippen molar-refractivity contribution in [3.63, 3.8) is 0 Å². The third-order valence-electron chi connectivity index (χ3n) is 3.04. The summed E-state index contributed by atoms with van der Waals surface area (Å²) in [6.45, 7) is 5.26. The highest BCUT2D eigenvalue weighted by molar-refractivity contribution is 7.08. The van der Waals surface area contributed by atoms with Gasteiger partial charge in [-0.25, -0.2) is 0 Å². The standard InChI is InChI=1S/C11H15N5OS/c1-2-9-10(18-14-13-9)11(17)16-7-5-15(4-3-12)6-8-16/h2,4-8H2,1H3. The van der Waals surface area contributed by atoms with Gasteiger partial charge in [-0.15, -0.1) is 5.10 Å². The summed E-state index contributed by atoms with van der Waals surface area (Å²) in [4.78, 5) is 16.8. The van der Waals surface area contributed by atoms with Crippen LogP contribution < -0.4 is 0 Å². The molecule has 2 rings (SSSR count). The van der Waals surface area contributed by atoms with Gasteiger partial charge >= 0.3 is 0 Å². The lowest BCUT2D eigenvalue weighted by Crippen LogP contribution is -2.48. The van der Waals surface area contributed by atoms with E-state index in [-0.39, 0.29) is 5.91 Å². The van der Waals surface area contributed by atoms with Crippen molar-refractivity contribution in [2.24, 2.45) is 0 Å². The summed E-state index contributed by atoms with van der Waals surface area (Å²) in [5.41, 5.74) is 0.782. The summed E-state index contributed by atoms with van der Waals surface area (Å²) < 4.78 is 3.84. The number of nitriles is 1. The molecular formula is C11H15N5OS. The van der Waals surface area contributed by atoms with Crippen molar-refractivity contribution in [2.75, 3.05) is 32.7 Å². The van der Waals surface area contributed by atoms with Crippen LogP contribution in [0.3, 0.4) is 0 Å². The zero-order chi connectivity index (χ0) is 13.0. The van der Waals surface area contributed by atoms with Crippen molar-refractivity contribution >= 4 is 17.4 Å². The molecule has 1 saturated heterocycles. The number of amides is 1. The summed E-state index contributed by atoms with van der Waals surface area (Å²) in [6.07, 6.45) is 0.728. The van der Waals surface area contributed by atoms with Crippen molar-refractivity contribution in [3.8, 4) is 6.07 Å². The lowest BCUT2D eigenvalue weighted by Gasteiger charge is -2.33. The Morgan fingerprint density at radius 2 is 2.17 bits per heavy atom. The largest absolute Gasteiger partial charge is 0.335 e. The number of hydrogen-bond acceptors (Lipinski definition) is 6. The Bertz CT molecular complexity index is 458. The summed E-state index contributed by atoms with van der Waals surface area (Å²) in [5, 5.41) is 12.6. The molecule has 6 nitrogen and oxygen atoms in total. The molecule has 2 heterocycles. The molecule has 0 radical (unpaired) electrons. The van der Waals surface area contributed by atoms with E-state index in [4.69, 9.17) is 5.26 Å². The molecule has 96 valence electrons. The minimum atomic E-state index is 0.0263. The van der Waals surface area contributed by atoms with Crippen LogP contribution in [0.2, 0.25) is 0 Å². The molecule has 7 heteroatoms. The van der Waals surface area contributed by atoms with Gasteiger partial charge in [0, 0.05) is 26.2 Å². The number of carbonyl (C=O) groups excluding carboxylic acids is 1. The Labute approximate surface area is 110 Å². The van der Waals surface area contributed by atoms with E-state index in [0.29, 0.717) is 24.5 Å².